The maximum atomic E-state index is 11.3. The average molecular weight is 235 g/mol. The number of primary sulfonamides is 1. The molecule has 0 unspecified atom stereocenters. The highest BCUT2D eigenvalue weighted by Gasteiger charge is 2.16. The zero-order valence-corrected chi connectivity index (χ0v) is 9.32. The molecule has 0 saturated heterocycles. The molecular weight excluding hydrogens is 226 g/mol. The molecule has 0 aliphatic rings. The number of sulfonamides is 1. The summed E-state index contributed by atoms with van der Waals surface area (Å²) in [5, 5.41) is 14.4. The monoisotopic (exact) mass is 235 g/mol. The van der Waals surface area contributed by atoms with Crippen molar-refractivity contribution in [3.05, 3.63) is 30.0 Å². The number of aryl methyl sites for hydroxylation is 1. The molecule has 2 N–H and O–H groups in total. The van der Waals surface area contributed by atoms with Crippen molar-refractivity contribution in [2.45, 2.75) is 4.90 Å². The Kier molecular flexibility index (Phi) is 2.22. The maximum absolute atomic E-state index is 11.3. The second-order valence-corrected chi connectivity index (χ2v) is 5.02. The normalized spacial score (nSPS) is 11.6. The highest BCUT2D eigenvalue weighted by atomic mass is 32.2. The van der Waals surface area contributed by atoms with Crippen molar-refractivity contribution in [1.29, 1.82) is 5.26 Å². The van der Waals surface area contributed by atoms with Crippen LogP contribution in [0.15, 0.2) is 29.3 Å². The van der Waals surface area contributed by atoms with Crippen LogP contribution < -0.4 is 5.14 Å². The van der Waals surface area contributed by atoms with E-state index in [2.05, 4.69) is 0 Å². The summed E-state index contributed by atoms with van der Waals surface area (Å²) in [6, 6.07) is 6.79. The lowest BCUT2D eigenvalue weighted by molar-refractivity contribution is 0.598. The van der Waals surface area contributed by atoms with Crippen molar-refractivity contribution < 1.29 is 8.42 Å². The van der Waals surface area contributed by atoms with Gasteiger partial charge in [-0.05, 0) is 12.1 Å². The lowest BCUT2D eigenvalue weighted by atomic mass is 10.2. The van der Waals surface area contributed by atoms with Gasteiger partial charge in [-0.25, -0.2) is 13.6 Å². The number of aromatic nitrogens is 1. The van der Waals surface area contributed by atoms with Crippen molar-refractivity contribution >= 4 is 20.9 Å². The van der Waals surface area contributed by atoms with E-state index in [1.807, 2.05) is 6.07 Å². The zero-order valence-electron chi connectivity index (χ0n) is 8.51. The van der Waals surface area contributed by atoms with E-state index in [1.54, 1.807) is 29.8 Å². The smallest absolute Gasteiger partial charge is 0.240 e. The maximum Gasteiger partial charge on any atom is 0.240 e. The molecule has 82 valence electrons. The molecule has 1 heterocycles. The Morgan fingerprint density at radius 1 is 1.44 bits per heavy atom. The number of nitriles is 1. The van der Waals surface area contributed by atoms with Gasteiger partial charge in [0.05, 0.1) is 17.1 Å². The van der Waals surface area contributed by atoms with E-state index in [0.29, 0.717) is 16.5 Å². The number of nitrogens with two attached hydrogens (primary N) is 1. The number of rotatable bonds is 1. The Balaban J connectivity index is 2.89. The summed E-state index contributed by atoms with van der Waals surface area (Å²) in [5.74, 6) is 0. The number of hydrogen-bond donors (Lipinski definition) is 1. The van der Waals surface area contributed by atoms with Gasteiger partial charge >= 0.3 is 0 Å². The number of nitrogens with zero attached hydrogens (tertiary/aromatic N) is 2. The molecule has 0 saturated carbocycles. The molecule has 2 rings (SSSR count). The number of hydrogen-bond acceptors (Lipinski definition) is 3. The molecular formula is C10H9N3O2S. The largest absolute Gasteiger partial charge is 0.349 e. The molecule has 2 aromatic rings. The second kappa shape index (κ2) is 3.33. The fourth-order valence-corrected chi connectivity index (χ4v) is 2.43. The van der Waals surface area contributed by atoms with Crippen LogP contribution in [0.2, 0.25) is 0 Å². The third kappa shape index (κ3) is 1.56. The molecule has 0 spiro atoms. The lowest BCUT2D eigenvalue weighted by Crippen LogP contribution is -2.11. The molecule has 0 aliphatic heterocycles. The number of benzene rings is 1. The topological polar surface area (TPSA) is 88.9 Å². The fraction of sp³-hybridized carbons (Fsp3) is 0.100. The Labute approximate surface area is 92.8 Å². The van der Waals surface area contributed by atoms with Gasteiger partial charge in [-0.15, -0.1) is 0 Å². The fourth-order valence-electron chi connectivity index (χ4n) is 1.64. The summed E-state index contributed by atoms with van der Waals surface area (Å²) in [6.07, 6.45) is 1.45. The quantitative estimate of drug-likeness (QED) is 0.788. The first kappa shape index (κ1) is 10.7. The third-order valence-electron chi connectivity index (χ3n) is 2.39. The van der Waals surface area contributed by atoms with E-state index in [0.717, 1.165) is 0 Å². The Hall–Kier alpha value is -1.84. The van der Waals surface area contributed by atoms with Crippen LogP contribution in [0, 0.1) is 11.3 Å². The first-order chi connectivity index (χ1) is 7.43. The standard InChI is InChI=1S/C10H9N3O2S/c1-13-6-10(16(12,14)15)8-3-2-7(5-11)4-9(8)13/h2-4,6H,1H3,(H2,12,14,15). The number of fused-ring (bicyclic) bond motifs is 1. The van der Waals surface area contributed by atoms with Gasteiger partial charge in [0.2, 0.25) is 10.0 Å². The van der Waals surface area contributed by atoms with Crippen molar-refractivity contribution in [3.63, 3.8) is 0 Å². The van der Waals surface area contributed by atoms with Gasteiger partial charge in [0.15, 0.2) is 0 Å². The molecule has 1 aromatic heterocycles. The van der Waals surface area contributed by atoms with E-state index in [-0.39, 0.29) is 4.90 Å². The summed E-state index contributed by atoms with van der Waals surface area (Å²) in [5.41, 5.74) is 1.15. The minimum absolute atomic E-state index is 0.0782. The van der Waals surface area contributed by atoms with Crippen LogP contribution in [0.4, 0.5) is 0 Å². The van der Waals surface area contributed by atoms with Crippen molar-refractivity contribution in [2.75, 3.05) is 0 Å². The van der Waals surface area contributed by atoms with Crippen LogP contribution in [0.3, 0.4) is 0 Å². The van der Waals surface area contributed by atoms with Crippen LogP contribution in [0.5, 0.6) is 0 Å². The van der Waals surface area contributed by atoms with Gasteiger partial charge in [0, 0.05) is 18.6 Å². The minimum atomic E-state index is -3.73. The van der Waals surface area contributed by atoms with E-state index in [9.17, 15) is 8.42 Å². The molecule has 5 nitrogen and oxygen atoms in total. The highest BCUT2D eigenvalue weighted by Crippen LogP contribution is 2.24. The average Bonchev–Trinajstić information content (AvgIpc) is 2.55. The molecule has 0 bridgehead atoms. The van der Waals surface area contributed by atoms with Gasteiger partial charge in [0.1, 0.15) is 4.90 Å². The van der Waals surface area contributed by atoms with Crippen molar-refractivity contribution in [3.8, 4) is 6.07 Å². The van der Waals surface area contributed by atoms with E-state index in [4.69, 9.17) is 10.4 Å². The zero-order chi connectivity index (χ0) is 11.9. The van der Waals surface area contributed by atoms with Crippen LogP contribution >= 0.6 is 0 Å². The molecule has 1 aromatic carbocycles. The summed E-state index contributed by atoms with van der Waals surface area (Å²) in [7, 11) is -2.03. The van der Waals surface area contributed by atoms with Gasteiger partial charge in [-0.1, -0.05) is 6.07 Å². The summed E-state index contributed by atoms with van der Waals surface area (Å²) in [6.45, 7) is 0. The van der Waals surface area contributed by atoms with E-state index >= 15 is 0 Å². The van der Waals surface area contributed by atoms with Gasteiger partial charge in [0.25, 0.3) is 0 Å². The summed E-state index contributed by atoms with van der Waals surface area (Å²) >= 11 is 0. The van der Waals surface area contributed by atoms with Crippen molar-refractivity contribution in [1.82, 2.24) is 4.57 Å². The third-order valence-corrected chi connectivity index (χ3v) is 3.33. The molecule has 6 heteroatoms. The predicted molar refractivity (Wildman–Crippen MR) is 59.0 cm³/mol. The Bertz CT molecular complexity index is 707. The van der Waals surface area contributed by atoms with Crippen LogP contribution in [0.1, 0.15) is 5.56 Å². The van der Waals surface area contributed by atoms with Gasteiger partial charge in [-0.3, -0.25) is 0 Å². The summed E-state index contributed by atoms with van der Waals surface area (Å²) < 4.78 is 24.3. The SMILES string of the molecule is Cn1cc(S(N)(=O)=O)c2ccc(C#N)cc21. The molecule has 0 fully saturated rings. The van der Waals surface area contributed by atoms with Gasteiger partial charge < -0.3 is 4.57 Å². The minimum Gasteiger partial charge on any atom is -0.349 e. The molecule has 16 heavy (non-hydrogen) atoms. The van der Waals surface area contributed by atoms with E-state index in [1.165, 1.54) is 6.20 Å². The molecule has 0 radical (unpaired) electrons. The summed E-state index contributed by atoms with van der Waals surface area (Å²) in [4.78, 5) is 0.0782. The first-order valence-corrected chi connectivity index (χ1v) is 6.00. The Morgan fingerprint density at radius 3 is 2.69 bits per heavy atom. The lowest BCUT2D eigenvalue weighted by Gasteiger charge is -1.96. The predicted octanol–water partition coefficient (Wildman–Crippen LogP) is 0.697. The second-order valence-electron chi connectivity index (χ2n) is 3.49. The molecule has 0 aliphatic carbocycles. The van der Waals surface area contributed by atoms with Crippen molar-refractivity contribution in [2.24, 2.45) is 12.2 Å². The highest BCUT2D eigenvalue weighted by molar-refractivity contribution is 7.89. The van der Waals surface area contributed by atoms with Crippen LogP contribution in [-0.2, 0) is 17.1 Å². The van der Waals surface area contributed by atoms with Crippen LogP contribution in [0.25, 0.3) is 10.9 Å². The molecule has 0 atom stereocenters. The van der Waals surface area contributed by atoms with E-state index < -0.39 is 10.0 Å². The van der Waals surface area contributed by atoms with Crippen LogP contribution in [-0.4, -0.2) is 13.0 Å². The van der Waals surface area contributed by atoms with Gasteiger partial charge in [-0.2, -0.15) is 5.26 Å². The Morgan fingerprint density at radius 2 is 2.12 bits per heavy atom. The molecule has 0 amide bonds. The first-order valence-electron chi connectivity index (χ1n) is 4.45.